The molecule has 0 spiro atoms. The molecule has 4 rings (SSSR count). The molecule has 2 atom stereocenters. The lowest BCUT2D eigenvalue weighted by molar-refractivity contribution is 0.0503. The Labute approximate surface area is 160 Å². The fraction of sp³-hybridized carbons (Fsp3) is 0.300. The first-order chi connectivity index (χ1) is 13.2. The van der Waals surface area contributed by atoms with E-state index in [1.165, 1.54) is 38.1 Å². The molecule has 2 aromatic rings. The zero-order valence-corrected chi connectivity index (χ0v) is 15.3. The fourth-order valence-electron chi connectivity index (χ4n) is 3.83. The van der Waals surface area contributed by atoms with Crippen LogP contribution in [-0.4, -0.2) is 68.9 Å². The summed E-state index contributed by atoms with van der Waals surface area (Å²) in [5, 5.41) is 19.8. The van der Waals surface area contributed by atoms with Crippen LogP contribution in [0.5, 0.6) is 0 Å². The summed E-state index contributed by atoms with van der Waals surface area (Å²) < 4.78 is 0. The summed E-state index contributed by atoms with van der Waals surface area (Å²) in [7, 11) is 0. The number of carbonyl (C=O) groups excluding carboxylic acids is 4. The van der Waals surface area contributed by atoms with Crippen molar-refractivity contribution in [1.82, 2.24) is 9.80 Å². The van der Waals surface area contributed by atoms with Gasteiger partial charge < -0.3 is 10.2 Å². The monoisotopic (exact) mass is 382 g/mol. The van der Waals surface area contributed by atoms with Crippen LogP contribution < -0.4 is 0 Å². The standard InChI is InChI=1S/C20H18N2O6/c1-9(23)7-21-17(25)11-3-5-13-16-14(6-4-12(15(11)16)18(21)26)20(28)22(19(13)27)8-10(2)24/h3-6,9-10,23-24H,7-8H2,1-2H3. The van der Waals surface area contributed by atoms with Gasteiger partial charge in [-0.3, -0.25) is 29.0 Å². The maximum atomic E-state index is 12.8. The van der Waals surface area contributed by atoms with Crippen molar-refractivity contribution in [2.24, 2.45) is 0 Å². The Morgan fingerprint density at radius 3 is 1.11 bits per heavy atom. The molecule has 0 saturated heterocycles. The van der Waals surface area contributed by atoms with E-state index in [-0.39, 0.29) is 46.1 Å². The van der Waals surface area contributed by atoms with Crippen LogP contribution in [0.3, 0.4) is 0 Å². The average Bonchev–Trinajstić information content (AvgIpc) is 2.64. The minimum atomic E-state index is -0.889. The van der Waals surface area contributed by atoms with Crippen LogP contribution in [0.2, 0.25) is 0 Å². The summed E-state index contributed by atoms with van der Waals surface area (Å²) in [4.78, 5) is 53.3. The van der Waals surface area contributed by atoms with E-state index < -0.39 is 35.8 Å². The van der Waals surface area contributed by atoms with Gasteiger partial charge in [-0.15, -0.1) is 0 Å². The molecule has 8 nitrogen and oxygen atoms in total. The molecule has 144 valence electrons. The van der Waals surface area contributed by atoms with Crippen LogP contribution in [-0.2, 0) is 0 Å². The topological polar surface area (TPSA) is 115 Å². The van der Waals surface area contributed by atoms with Gasteiger partial charge in [0.1, 0.15) is 0 Å². The van der Waals surface area contributed by atoms with Crippen LogP contribution in [0.25, 0.3) is 10.8 Å². The fourth-order valence-corrected chi connectivity index (χ4v) is 3.83. The lowest BCUT2D eigenvalue weighted by Gasteiger charge is -2.32. The molecule has 0 aromatic heterocycles. The van der Waals surface area contributed by atoms with Gasteiger partial charge in [-0.1, -0.05) is 0 Å². The van der Waals surface area contributed by atoms with Crippen LogP contribution in [0.1, 0.15) is 55.3 Å². The Morgan fingerprint density at radius 2 is 0.893 bits per heavy atom. The number of rotatable bonds is 4. The third kappa shape index (κ3) is 2.45. The zero-order valence-electron chi connectivity index (χ0n) is 15.3. The molecule has 2 N–H and O–H groups in total. The number of aliphatic hydroxyl groups is 2. The summed E-state index contributed by atoms with van der Waals surface area (Å²) in [5.41, 5.74) is 0.835. The number of nitrogens with zero attached hydrogens (tertiary/aromatic N) is 2. The highest BCUT2D eigenvalue weighted by Crippen LogP contribution is 2.37. The zero-order chi connectivity index (χ0) is 20.3. The number of β-amino-alcohol motifs (C(OH)–C–C–N with tert-alkyl or cyclic N) is 2. The van der Waals surface area contributed by atoms with E-state index in [1.54, 1.807) is 0 Å². The number of hydrogen-bond acceptors (Lipinski definition) is 6. The van der Waals surface area contributed by atoms with Crippen LogP contribution in [0, 0.1) is 0 Å². The second-order valence-electron chi connectivity index (χ2n) is 7.21. The van der Waals surface area contributed by atoms with Gasteiger partial charge in [-0.2, -0.15) is 0 Å². The van der Waals surface area contributed by atoms with Gasteiger partial charge in [0.15, 0.2) is 0 Å². The summed E-state index contributed by atoms with van der Waals surface area (Å²) in [5.74, 6) is -2.30. The van der Waals surface area contributed by atoms with Crippen LogP contribution >= 0.6 is 0 Å². The Hall–Kier alpha value is -3.10. The molecule has 2 aromatic carbocycles. The number of carbonyl (C=O) groups is 4. The van der Waals surface area contributed by atoms with Crippen molar-refractivity contribution >= 4 is 34.4 Å². The summed E-state index contributed by atoms with van der Waals surface area (Å²) in [6.07, 6.45) is -1.78. The lowest BCUT2D eigenvalue weighted by Crippen LogP contribution is -2.46. The van der Waals surface area contributed by atoms with E-state index >= 15 is 0 Å². The smallest absolute Gasteiger partial charge is 0.261 e. The number of amides is 4. The predicted octanol–water partition coefficient (Wildman–Crippen LogP) is 0.793. The molecule has 0 saturated carbocycles. The second kappa shape index (κ2) is 6.22. The largest absolute Gasteiger partial charge is 0.392 e. The molecule has 0 aliphatic carbocycles. The molecule has 2 heterocycles. The minimum Gasteiger partial charge on any atom is -0.392 e. The SMILES string of the molecule is CC(O)CN1C(=O)c2ccc3c4c(ccc(c24)C1=O)C(=O)N(CC(C)O)C3=O. The Balaban J connectivity index is 1.96. The van der Waals surface area contributed by atoms with Gasteiger partial charge in [0.25, 0.3) is 23.6 Å². The molecule has 28 heavy (non-hydrogen) atoms. The molecule has 0 fully saturated rings. The van der Waals surface area contributed by atoms with E-state index in [2.05, 4.69) is 0 Å². The number of hydrogen-bond donors (Lipinski definition) is 2. The third-order valence-corrected chi connectivity index (χ3v) is 4.96. The average molecular weight is 382 g/mol. The molecule has 0 bridgehead atoms. The maximum absolute atomic E-state index is 12.8. The molecule has 4 amide bonds. The van der Waals surface area contributed by atoms with Crippen LogP contribution in [0.4, 0.5) is 0 Å². The lowest BCUT2D eigenvalue weighted by atomic mass is 9.86. The number of aliphatic hydroxyl groups excluding tert-OH is 2. The van der Waals surface area contributed by atoms with E-state index in [0.717, 1.165) is 9.80 Å². The summed E-state index contributed by atoms with van der Waals surface area (Å²) in [6.45, 7) is 2.65. The number of imide groups is 2. The summed E-state index contributed by atoms with van der Waals surface area (Å²) >= 11 is 0. The Bertz CT molecular complexity index is 917. The van der Waals surface area contributed by atoms with Crippen molar-refractivity contribution in [2.45, 2.75) is 26.1 Å². The first-order valence-electron chi connectivity index (χ1n) is 8.90. The van der Waals surface area contributed by atoms with Crippen LogP contribution in [0.15, 0.2) is 24.3 Å². The van der Waals surface area contributed by atoms with Gasteiger partial charge in [0.2, 0.25) is 0 Å². The van der Waals surface area contributed by atoms with E-state index in [0.29, 0.717) is 0 Å². The highest BCUT2D eigenvalue weighted by molar-refractivity contribution is 6.33. The Morgan fingerprint density at radius 1 is 0.643 bits per heavy atom. The van der Waals surface area contributed by atoms with Crippen molar-refractivity contribution in [2.75, 3.05) is 13.1 Å². The van der Waals surface area contributed by atoms with Crippen molar-refractivity contribution in [3.8, 4) is 0 Å². The molecule has 2 unspecified atom stereocenters. The van der Waals surface area contributed by atoms with Gasteiger partial charge >= 0.3 is 0 Å². The molecular weight excluding hydrogens is 364 g/mol. The molecular formula is C20H18N2O6. The molecule has 2 aliphatic heterocycles. The highest BCUT2D eigenvalue weighted by atomic mass is 16.3. The van der Waals surface area contributed by atoms with Gasteiger partial charge in [0.05, 0.1) is 25.3 Å². The van der Waals surface area contributed by atoms with Crippen molar-refractivity contribution < 1.29 is 29.4 Å². The van der Waals surface area contributed by atoms with Crippen molar-refractivity contribution in [3.63, 3.8) is 0 Å². The number of benzene rings is 2. The van der Waals surface area contributed by atoms with Crippen molar-refractivity contribution in [3.05, 3.63) is 46.5 Å². The normalized spacial score (nSPS) is 18.1. The maximum Gasteiger partial charge on any atom is 0.261 e. The van der Waals surface area contributed by atoms with E-state index in [4.69, 9.17) is 0 Å². The highest BCUT2D eigenvalue weighted by Gasteiger charge is 2.39. The van der Waals surface area contributed by atoms with Gasteiger partial charge in [-0.25, -0.2) is 0 Å². The minimum absolute atomic E-state index is 0.151. The summed E-state index contributed by atoms with van der Waals surface area (Å²) in [6, 6.07) is 5.85. The first kappa shape index (κ1) is 18.3. The molecule has 8 heteroatoms. The predicted molar refractivity (Wildman–Crippen MR) is 98.0 cm³/mol. The van der Waals surface area contributed by atoms with E-state index in [1.807, 2.05) is 0 Å². The second-order valence-corrected chi connectivity index (χ2v) is 7.21. The third-order valence-electron chi connectivity index (χ3n) is 4.96. The molecule has 2 aliphatic rings. The quantitative estimate of drug-likeness (QED) is 0.756. The Kier molecular flexibility index (Phi) is 4.06. The molecule has 0 radical (unpaired) electrons. The van der Waals surface area contributed by atoms with E-state index in [9.17, 15) is 29.4 Å². The first-order valence-corrected chi connectivity index (χ1v) is 8.90. The van der Waals surface area contributed by atoms with Crippen molar-refractivity contribution in [1.29, 1.82) is 0 Å². The van der Waals surface area contributed by atoms with Gasteiger partial charge in [-0.05, 0) is 38.1 Å². The van der Waals surface area contributed by atoms with Gasteiger partial charge in [0, 0.05) is 33.0 Å².